The molecule has 0 saturated carbocycles. The van der Waals surface area contributed by atoms with Gasteiger partial charge < -0.3 is 15.4 Å². The third-order valence-corrected chi connectivity index (χ3v) is 3.95. The summed E-state index contributed by atoms with van der Waals surface area (Å²) in [5, 5.41) is 5.41. The molecule has 3 heterocycles. The lowest BCUT2D eigenvalue weighted by atomic mass is 9.76. The third kappa shape index (κ3) is 1.82. The number of hydrogen-bond acceptors (Lipinski definition) is 5. The van der Waals surface area contributed by atoms with Crippen LogP contribution < -0.4 is 15.4 Å². The molecule has 110 valence electrons. The molecule has 7 nitrogen and oxygen atoms in total. The lowest BCUT2D eigenvalue weighted by Gasteiger charge is -2.37. The molecule has 0 aliphatic carbocycles. The molecule has 0 radical (unpaired) electrons. The number of aliphatic imine (C=N–C) groups is 2. The number of ether oxygens (including phenoxy) is 1. The van der Waals surface area contributed by atoms with Crippen LogP contribution >= 0.6 is 0 Å². The van der Waals surface area contributed by atoms with Gasteiger partial charge in [-0.2, -0.15) is 0 Å². The van der Waals surface area contributed by atoms with Gasteiger partial charge in [0.1, 0.15) is 11.7 Å². The predicted molar refractivity (Wildman–Crippen MR) is 78.4 cm³/mol. The van der Waals surface area contributed by atoms with E-state index in [1.165, 1.54) is 6.34 Å². The van der Waals surface area contributed by atoms with Gasteiger partial charge in [0, 0.05) is 23.3 Å². The predicted octanol–water partition coefficient (Wildman–Crippen LogP) is 0.305. The van der Waals surface area contributed by atoms with Crippen molar-refractivity contribution in [1.82, 2.24) is 10.6 Å². The zero-order chi connectivity index (χ0) is 15.1. The molecule has 2 amide bonds. The Bertz CT molecular complexity index is 753. The minimum absolute atomic E-state index is 0.365. The first-order valence-corrected chi connectivity index (χ1v) is 6.86. The van der Waals surface area contributed by atoms with Crippen LogP contribution in [0, 0.1) is 5.92 Å². The summed E-state index contributed by atoms with van der Waals surface area (Å²) in [6.07, 6.45) is 3.86. The Hall–Kier alpha value is -2.96. The Morgan fingerprint density at radius 1 is 1.09 bits per heavy atom. The molecule has 2 N–H and O–H groups in total. The monoisotopic (exact) mass is 296 g/mol. The van der Waals surface area contributed by atoms with Crippen LogP contribution in [0.5, 0.6) is 5.75 Å². The number of carbonyl (C=O) groups excluding carboxylic acids is 2. The number of amides is 2. The number of para-hydroxylation sites is 1. The molecule has 0 spiro atoms. The van der Waals surface area contributed by atoms with Crippen LogP contribution in [0.2, 0.25) is 0 Å². The standard InChI is InChI=1S/C15H12N4O3/c20-13-12(14(21)18-7-17-13)11-8-3-1-2-4-10(8)22-15-9(11)5-16-6-19-15/h1-7,11-12,15H,(H,16,19)(H,17,18,20,21). The van der Waals surface area contributed by atoms with Gasteiger partial charge in [0.25, 0.3) is 5.91 Å². The number of hydrogen-bond donors (Lipinski definition) is 2. The molecule has 4 rings (SSSR count). The molecular formula is C15H12N4O3. The maximum Gasteiger partial charge on any atom is 0.260 e. The molecule has 1 aromatic carbocycles. The molecule has 7 heteroatoms. The Morgan fingerprint density at radius 2 is 1.95 bits per heavy atom. The van der Waals surface area contributed by atoms with E-state index in [9.17, 15) is 9.59 Å². The fourth-order valence-electron chi connectivity index (χ4n) is 3.00. The van der Waals surface area contributed by atoms with Crippen LogP contribution in [0.1, 0.15) is 11.5 Å². The quantitative estimate of drug-likeness (QED) is 0.729. The van der Waals surface area contributed by atoms with E-state index in [1.54, 1.807) is 6.20 Å². The van der Waals surface area contributed by atoms with Gasteiger partial charge >= 0.3 is 0 Å². The molecule has 0 fully saturated rings. The molecule has 0 bridgehead atoms. The second kappa shape index (κ2) is 4.80. The molecule has 0 saturated heterocycles. The van der Waals surface area contributed by atoms with E-state index in [1.807, 2.05) is 24.3 Å². The number of carbonyl (C=O) groups is 2. The summed E-state index contributed by atoms with van der Waals surface area (Å²) in [7, 11) is 0. The molecule has 3 unspecified atom stereocenters. The number of nitrogens with zero attached hydrogens (tertiary/aromatic N) is 2. The smallest absolute Gasteiger partial charge is 0.260 e. The van der Waals surface area contributed by atoms with Crippen molar-refractivity contribution in [2.75, 3.05) is 0 Å². The lowest BCUT2D eigenvalue weighted by molar-refractivity contribution is -0.134. The summed E-state index contributed by atoms with van der Waals surface area (Å²) in [5.41, 5.74) is 1.53. The highest BCUT2D eigenvalue weighted by atomic mass is 16.5. The summed E-state index contributed by atoms with van der Waals surface area (Å²) in [4.78, 5) is 32.4. The molecular weight excluding hydrogens is 284 g/mol. The van der Waals surface area contributed by atoms with E-state index in [4.69, 9.17) is 4.74 Å². The second-order valence-electron chi connectivity index (χ2n) is 5.16. The largest absolute Gasteiger partial charge is 0.464 e. The number of benzene rings is 1. The van der Waals surface area contributed by atoms with E-state index in [0.717, 1.165) is 17.5 Å². The Morgan fingerprint density at radius 3 is 2.82 bits per heavy atom. The van der Waals surface area contributed by atoms with E-state index in [2.05, 4.69) is 20.6 Å². The van der Waals surface area contributed by atoms with E-state index in [0.29, 0.717) is 5.75 Å². The van der Waals surface area contributed by atoms with E-state index >= 15 is 0 Å². The molecule has 3 atom stereocenters. The summed E-state index contributed by atoms with van der Waals surface area (Å²) in [6.45, 7) is 0. The van der Waals surface area contributed by atoms with Crippen molar-refractivity contribution in [2.24, 2.45) is 15.9 Å². The summed E-state index contributed by atoms with van der Waals surface area (Å²) in [6, 6.07) is 7.36. The second-order valence-corrected chi connectivity index (χ2v) is 5.16. The molecule has 22 heavy (non-hydrogen) atoms. The van der Waals surface area contributed by atoms with Gasteiger partial charge in [-0.05, 0) is 6.07 Å². The summed E-state index contributed by atoms with van der Waals surface area (Å²) < 4.78 is 5.84. The normalized spacial score (nSPS) is 28.7. The molecule has 3 aliphatic heterocycles. The fraction of sp³-hybridized carbons (Fsp3) is 0.200. The van der Waals surface area contributed by atoms with Crippen molar-refractivity contribution >= 4 is 24.5 Å². The number of fused-ring (bicyclic) bond motifs is 2. The molecule has 1 aromatic rings. The number of nitrogens with one attached hydrogen (secondary N) is 2. The fourth-order valence-corrected chi connectivity index (χ4v) is 3.00. The zero-order valence-corrected chi connectivity index (χ0v) is 11.4. The summed E-state index contributed by atoms with van der Waals surface area (Å²) >= 11 is 0. The first kappa shape index (κ1) is 12.8. The summed E-state index contributed by atoms with van der Waals surface area (Å²) in [5.74, 6) is -1.57. The van der Waals surface area contributed by atoms with Crippen molar-refractivity contribution < 1.29 is 14.3 Å². The third-order valence-electron chi connectivity index (χ3n) is 3.95. The SMILES string of the molecule is O=C1N=CNC(=O)C1C1C2=CNC=NC2Oc2ccccc21. The Balaban J connectivity index is 1.88. The highest BCUT2D eigenvalue weighted by Crippen LogP contribution is 2.45. The van der Waals surface area contributed by atoms with Crippen LogP contribution in [-0.2, 0) is 9.59 Å². The van der Waals surface area contributed by atoms with Crippen molar-refractivity contribution in [2.45, 2.75) is 12.1 Å². The van der Waals surface area contributed by atoms with E-state index < -0.39 is 24.0 Å². The van der Waals surface area contributed by atoms with Gasteiger partial charge in [0.05, 0.1) is 12.7 Å². The first-order chi connectivity index (χ1) is 10.8. The highest BCUT2D eigenvalue weighted by molar-refractivity contribution is 6.11. The minimum atomic E-state index is -0.918. The average Bonchev–Trinajstić information content (AvgIpc) is 2.54. The first-order valence-electron chi connectivity index (χ1n) is 6.86. The van der Waals surface area contributed by atoms with E-state index in [-0.39, 0.29) is 5.91 Å². The Kier molecular flexibility index (Phi) is 2.78. The maximum atomic E-state index is 12.2. The Labute approximate surface area is 125 Å². The highest BCUT2D eigenvalue weighted by Gasteiger charge is 2.45. The van der Waals surface area contributed by atoms with Crippen molar-refractivity contribution in [1.29, 1.82) is 0 Å². The van der Waals surface area contributed by atoms with Crippen molar-refractivity contribution in [3.8, 4) is 5.75 Å². The molecule has 0 aromatic heterocycles. The van der Waals surface area contributed by atoms with Gasteiger partial charge in [0.15, 0.2) is 0 Å². The van der Waals surface area contributed by atoms with Gasteiger partial charge in [-0.3, -0.25) is 9.59 Å². The average molecular weight is 296 g/mol. The zero-order valence-electron chi connectivity index (χ0n) is 11.4. The molecule has 3 aliphatic rings. The van der Waals surface area contributed by atoms with Gasteiger partial charge in [-0.25, -0.2) is 9.98 Å². The lowest BCUT2D eigenvalue weighted by Crippen LogP contribution is -2.45. The topological polar surface area (TPSA) is 92.2 Å². The number of rotatable bonds is 1. The van der Waals surface area contributed by atoms with Crippen LogP contribution in [0.15, 0.2) is 46.0 Å². The minimum Gasteiger partial charge on any atom is -0.464 e. The van der Waals surface area contributed by atoms with Crippen molar-refractivity contribution in [3.63, 3.8) is 0 Å². The van der Waals surface area contributed by atoms with Gasteiger partial charge in [-0.1, -0.05) is 18.2 Å². The maximum absolute atomic E-state index is 12.2. The van der Waals surface area contributed by atoms with Crippen molar-refractivity contribution in [3.05, 3.63) is 41.6 Å². The van der Waals surface area contributed by atoms with Crippen LogP contribution in [0.4, 0.5) is 0 Å². The van der Waals surface area contributed by atoms with Gasteiger partial charge in [-0.15, -0.1) is 0 Å². The van der Waals surface area contributed by atoms with Gasteiger partial charge in [0.2, 0.25) is 12.1 Å². The van der Waals surface area contributed by atoms with Crippen LogP contribution in [-0.4, -0.2) is 30.7 Å². The van der Waals surface area contributed by atoms with Crippen LogP contribution in [0.25, 0.3) is 0 Å². The van der Waals surface area contributed by atoms with Crippen LogP contribution in [0.3, 0.4) is 0 Å².